The summed E-state index contributed by atoms with van der Waals surface area (Å²) in [6, 6.07) is 20.4. The Labute approximate surface area is 828 Å². The van der Waals surface area contributed by atoms with E-state index in [1.807, 2.05) is 105 Å². The highest BCUT2D eigenvalue weighted by Crippen LogP contribution is 2.42. The molecule has 6 aromatic rings. The van der Waals surface area contributed by atoms with Gasteiger partial charge in [-0.15, -0.1) is 0 Å². The van der Waals surface area contributed by atoms with Crippen LogP contribution in [0.5, 0.6) is 23.0 Å². The number of likely N-dealkylation sites (tertiary alicyclic amines) is 1. The molecule has 6 saturated heterocycles. The van der Waals surface area contributed by atoms with Gasteiger partial charge in [0.2, 0.25) is 5.91 Å². The van der Waals surface area contributed by atoms with Gasteiger partial charge in [-0.05, 0) is 183 Å². The number of urea groups is 4. The van der Waals surface area contributed by atoms with Gasteiger partial charge in [-0.1, -0.05) is 78.9 Å². The summed E-state index contributed by atoms with van der Waals surface area (Å²) in [4.78, 5) is 231. The number of nitrogens with zero attached hydrogens (tertiary/aromatic N) is 11. The van der Waals surface area contributed by atoms with Gasteiger partial charge in [0.05, 0.1) is 30.0 Å². The highest BCUT2D eigenvalue weighted by molar-refractivity contribution is 6.49. The molecule has 0 bridgehead atoms. The molecular weight excluding hydrogens is 1850 g/mol. The summed E-state index contributed by atoms with van der Waals surface area (Å²) in [6.45, 7) is 22.7. The van der Waals surface area contributed by atoms with E-state index < -0.39 is 159 Å². The number of ketones is 4. The van der Waals surface area contributed by atoms with Gasteiger partial charge in [-0.3, -0.25) is 96.9 Å². The largest absolute Gasteiger partial charge is 0.536 e. The summed E-state index contributed by atoms with van der Waals surface area (Å²) in [7, 11) is -4.70. The number of benzene rings is 4. The van der Waals surface area contributed by atoms with Crippen LogP contribution >= 0.6 is 0 Å². The van der Waals surface area contributed by atoms with Gasteiger partial charge < -0.3 is 90.6 Å². The zero-order valence-corrected chi connectivity index (χ0v) is 81.8. The van der Waals surface area contributed by atoms with Gasteiger partial charge in [0.15, 0.2) is 23.1 Å². The van der Waals surface area contributed by atoms with Crippen molar-refractivity contribution in [1.29, 1.82) is 0 Å². The van der Waals surface area contributed by atoms with Crippen LogP contribution in [0.1, 0.15) is 145 Å². The van der Waals surface area contributed by atoms with Crippen LogP contribution in [0, 0.1) is 53.4 Å². The molecule has 43 nitrogen and oxygen atoms in total. The van der Waals surface area contributed by atoms with Crippen molar-refractivity contribution in [3.63, 3.8) is 0 Å². The second kappa shape index (κ2) is 47.4. The first-order chi connectivity index (χ1) is 68.3. The van der Waals surface area contributed by atoms with Gasteiger partial charge in [0.25, 0.3) is 0 Å². The molecule has 143 heavy (non-hydrogen) atoms. The molecule has 10 atom stereocenters. The smallest absolute Gasteiger partial charge is 0.526 e. The van der Waals surface area contributed by atoms with Crippen molar-refractivity contribution in [3.05, 3.63) is 164 Å². The normalized spacial score (nSPS) is 20.8. The lowest BCUT2D eigenvalue weighted by molar-refractivity contribution is -0.153. The van der Waals surface area contributed by atoms with E-state index in [1.54, 1.807) is 59.7 Å². The molecule has 4 aromatic carbocycles. The number of carbonyl (C=O) groups excluding carboxylic acids is 17. The number of amides is 17. The van der Waals surface area contributed by atoms with Crippen LogP contribution in [0.4, 0.5) is 19.2 Å². The zero-order chi connectivity index (χ0) is 103. The molecule has 47 heteroatoms. The number of primary amides is 1. The number of H-pyrrole nitrogens is 1. The Balaban J connectivity index is 0.000000160. The van der Waals surface area contributed by atoms with E-state index in [1.165, 1.54) is 25.8 Å². The molecule has 0 spiro atoms. The van der Waals surface area contributed by atoms with Gasteiger partial charge in [0, 0.05) is 164 Å². The van der Waals surface area contributed by atoms with Crippen LogP contribution in [-0.4, -0.2) is 332 Å². The number of imide groups is 4. The van der Waals surface area contributed by atoms with Crippen molar-refractivity contribution in [2.75, 3.05) is 111 Å². The van der Waals surface area contributed by atoms with Crippen molar-refractivity contribution >= 4 is 129 Å². The van der Waals surface area contributed by atoms with E-state index in [2.05, 4.69) is 41.8 Å². The average molecular weight is 1970 g/mol. The summed E-state index contributed by atoms with van der Waals surface area (Å²) in [6.07, 6.45) is 4.26. The summed E-state index contributed by atoms with van der Waals surface area (Å²) >= 11 is 0. The second-order valence-corrected chi connectivity index (χ2v) is 37.4. The minimum absolute atomic E-state index is 0.0203. The zero-order valence-electron chi connectivity index (χ0n) is 81.8. The number of hydrogen-bond acceptors (Lipinski definition) is 29. The number of aromatic nitrogens is 3. The molecule has 12 N–H and O–H groups in total. The van der Waals surface area contributed by atoms with Gasteiger partial charge >= 0.3 is 99.9 Å². The first-order valence-electron chi connectivity index (χ1n) is 48.4. The fraction of sp³-hybridized carbons (Fsp3) is 0.490. The lowest BCUT2D eigenvalue weighted by atomic mass is 9.64. The number of fused-ring (bicyclic) bond motifs is 4. The van der Waals surface area contributed by atoms with Gasteiger partial charge in [-0.2, -0.15) is 5.10 Å². The predicted octanol–water partition coefficient (Wildman–Crippen LogP) is 1.93. The highest BCUT2D eigenvalue weighted by atomic mass is 16.5. The Morgan fingerprint density at radius 1 is 0.420 bits per heavy atom. The van der Waals surface area contributed by atoms with Gasteiger partial charge in [-0.25, -0.2) is 19.2 Å². The maximum absolute atomic E-state index is 13.6. The Kier molecular flexibility index (Phi) is 35.3. The molecule has 16 rings (SSSR count). The molecule has 0 aliphatic carbocycles. The number of para-hydroxylation sites is 4. The van der Waals surface area contributed by atoms with Crippen LogP contribution < -0.4 is 50.9 Å². The molecule has 10 aliphatic rings. The Hall–Kier alpha value is -13.8. The second-order valence-electron chi connectivity index (χ2n) is 37.4. The number of carbonyl (C=O) groups is 17. The quantitative estimate of drug-likeness (QED) is 0.0273. The van der Waals surface area contributed by atoms with Crippen LogP contribution in [-0.2, 0) is 88.0 Å². The predicted molar refractivity (Wildman–Crippen MR) is 518 cm³/mol. The SMILES string of the molecule is CCN1CCN(C(=O)NC(C(=O)C[C@H]2Cc3cccc(C)c3OB2O)C2CCN(CC(N)=O)C2)C(=O)C1=O.CCN1CCN(C(=O)NC(C(=O)C[C@H]2Cc3cccc(C)c3OB2O)C2CCNC2)C(=O)C1=O.CCN1CCN(C(=O)NC(C(=O)C[C@H]2Cc3cccc(C)c3OB2O)c2c(C)n[nH]c2C)C(=O)C1=O.CCN1CCN(C(=O)NC(C(=O)C[C@H]2Cc3cccc(C)c3OB2O)c2ccccn2)C(=O)C1=O. The number of nitrogens with one attached hydrogen (secondary N) is 6. The van der Waals surface area contributed by atoms with E-state index in [0.29, 0.717) is 130 Å². The molecule has 0 radical (unpaired) electrons. The third kappa shape index (κ3) is 24.8. The van der Waals surface area contributed by atoms with Crippen molar-refractivity contribution in [1.82, 2.24) is 85.9 Å². The molecule has 2 aromatic heterocycles. The number of pyridine rings is 1. The molecule has 10 aliphatic heterocycles. The fourth-order valence-electron chi connectivity index (χ4n) is 19.8. The van der Waals surface area contributed by atoms with Gasteiger partial charge in [0.1, 0.15) is 35.1 Å². The van der Waals surface area contributed by atoms with Crippen LogP contribution in [0.15, 0.2) is 97.2 Å². The number of nitrogens with two attached hydrogens (primary N) is 1. The maximum atomic E-state index is 13.6. The van der Waals surface area contributed by atoms with Crippen LogP contribution in [0.2, 0.25) is 23.3 Å². The highest BCUT2D eigenvalue weighted by Gasteiger charge is 2.49. The van der Waals surface area contributed by atoms with E-state index in [0.717, 1.165) is 70.7 Å². The first kappa shape index (κ1) is 107. The summed E-state index contributed by atoms with van der Waals surface area (Å²) in [5.41, 5.74) is 14.4. The molecular formula is C96H122B4N18O25. The molecule has 12 heterocycles. The van der Waals surface area contributed by atoms with E-state index >= 15 is 0 Å². The summed E-state index contributed by atoms with van der Waals surface area (Å²) in [5.74, 6) is -8.53. The van der Waals surface area contributed by atoms with E-state index in [4.69, 9.17) is 24.4 Å². The van der Waals surface area contributed by atoms with Crippen LogP contribution in [0.3, 0.4) is 0 Å². The number of likely N-dealkylation sites (N-methyl/N-ethyl adjacent to an activating group) is 4. The third-order valence-corrected chi connectivity index (χ3v) is 27.9. The van der Waals surface area contributed by atoms with Crippen LogP contribution in [0.25, 0.3) is 0 Å². The Morgan fingerprint density at radius 2 is 0.762 bits per heavy atom. The Morgan fingerprint density at radius 3 is 1.08 bits per heavy atom. The van der Waals surface area contributed by atoms with E-state index in [-0.39, 0.29) is 114 Å². The minimum atomic E-state index is -1.19. The van der Waals surface area contributed by atoms with Crippen molar-refractivity contribution in [2.45, 2.75) is 181 Å². The first-order valence-corrected chi connectivity index (χ1v) is 48.4. The average Bonchev–Trinajstić information content (AvgIpc) is 1.76. The lowest BCUT2D eigenvalue weighted by Gasteiger charge is -2.34. The number of aromatic amines is 1. The number of rotatable bonds is 26. The Bertz CT molecular complexity index is 5840. The topological polar surface area (TPSA) is 565 Å². The summed E-state index contributed by atoms with van der Waals surface area (Å²) in [5, 5.41) is 63.2. The number of hydrogen-bond donors (Lipinski definition) is 11. The molecule has 6 unspecified atom stereocenters. The van der Waals surface area contributed by atoms with Crippen molar-refractivity contribution in [3.8, 4) is 23.0 Å². The summed E-state index contributed by atoms with van der Waals surface area (Å²) < 4.78 is 22.8. The molecule has 6 fully saturated rings. The standard InChI is InChI=1S/C25H34BN5O7.C24H30BN5O6.C24H27BN4O6.C23H31BN4O6/c1-3-30-9-10-31(24(35)23(30)34)25(36)28-21(17-7-8-29(13-17)14-20(27)33)19(32)12-18-11-16-6-4-5-15(2)22(16)38-26(18)37;1-5-29-9-10-30(23(33)22(29)32)24(34)26-20(19-14(3)27-28-15(19)4)18(31)12-17-11-16-8-6-7-13(2)21(16)36-25(17)35;1-3-28-11-12-29(23(32)22(28)31)24(33)27-20(18-9-4-5-10-26-18)19(30)14-17-13-16-8-6-7-15(2)21(16)35-25(17)34;1-3-27-9-10-28(22(31)21(27)30)23(32)26-19(16-7-8-25-13-16)18(29)12-17-11-15-6-4-5-14(2)20(15)34-24(17)33/h4-6,17-18,21,37H,3,7-14H2,1-2H3,(H2,27,33)(H,28,36);6-8,17,20,35H,5,9-12H2,1-4H3,(H,26,34)(H,27,28);4-10,17,20,34H,3,11-14H2,1-2H3,(H,27,33);4-6,16-17,19,25,33H,3,7-13H2,1-2H3,(H,26,32)/t17?,18-,21?;2*17-,20?;16?,17-,19?/m1111/s1. The fourth-order valence-corrected chi connectivity index (χ4v) is 19.8. The lowest BCUT2D eigenvalue weighted by Crippen LogP contribution is -2.60. The van der Waals surface area contributed by atoms with Crippen molar-refractivity contribution in [2.24, 2.45) is 17.6 Å². The molecule has 0 saturated carbocycles. The monoisotopic (exact) mass is 1970 g/mol. The van der Waals surface area contributed by atoms with E-state index in [9.17, 15) is 102 Å². The number of Topliss-reactive ketones (excluding diaryl/α,β-unsaturated/α-hetero) is 4. The molecule has 758 valence electrons. The number of piperazine rings is 4. The number of aryl methyl sites for hydroxylation is 6. The minimum Gasteiger partial charge on any atom is -0.536 e. The third-order valence-electron chi connectivity index (χ3n) is 27.9. The van der Waals surface area contributed by atoms with Crippen molar-refractivity contribution < 1.29 is 120 Å². The molecule has 17 amide bonds. The maximum Gasteiger partial charge on any atom is 0.526 e.